The monoisotopic (exact) mass is 341 g/mol. The van der Waals surface area contributed by atoms with Crippen molar-refractivity contribution >= 4 is 12.0 Å². The molecule has 0 spiro atoms. The molecule has 132 valence electrons. The molecule has 2 aromatic rings. The number of furan rings is 1. The lowest BCUT2D eigenvalue weighted by molar-refractivity contribution is -0.116. The zero-order chi connectivity index (χ0) is 17.3. The molecule has 1 fully saturated rings. The highest BCUT2D eigenvalue weighted by molar-refractivity contribution is 5.91. The molecule has 5 heteroatoms. The Kier molecular flexibility index (Phi) is 6.42. The highest BCUT2D eigenvalue weighted by atomic mass is 16.5. The zero-order valence-corrected chi connectivity index (χ0v) is 14.1. The van der Waals surface area contributed by atoms with Crippen LogP contribution >= 0.6 is 0 Å². The molecule has 1 N–H and O–H groups in total. The first kappa shape index (κ1) is 17.5. The number of benzene rings is 1. The number of ether oxygens (including phenoxy) is 2. The van der Waals surface area contributed by atoms with Crippen molar-refractivity contribution in [3.8, 4) is 0 Å². The fourth-order valence-corrected chi connectivity index (χ4v) is 2.68. The molecule has 1 saturated heterocycles. The van der Waals surface area contributed by atoms with Crippen molar-refractivity contribution in [2.24, 2.45) is 0 Å². The van der Waals surface area contributed by atoms with E-state index >= 15 is 0 Å². The van der Waals surface area contributed by atoms with Crippen LogP contribution in [0, 0.1) is 0 Å². The Labute approximate surface area is 147 Å². The number of nitrogens with one attached hydrogen (secondary N) is 1. The Bertz CT molecular complexity index is 687. The molecule has 5 nitrogen and oxygen atoms in total. The van der Waals surface area contributed by atoms with Gasteiger partial charge >= 0.3 is 0 Å². The van der Waals surface area contributed by atoms with Crippen LogP contribution < -0.4 is 5.32 Å². The van der Waals surface area contributed by atoms with Gasteiger partial charge in [0.25, 0.3) is 0 Å². The van der Waals surface area contributed by atoms with Gasteiger partial charge in [0.05, 0.1) is 19.0 Å². The highest BCUT2D eigenvalue weighted by Crippen LogP contribution is 2.14. The summed E-state index contributed by atoms with van der Waals surface area (Å²) in [6.45, 7) is 2.63. The van der Waals surface area contributed by atoms with E-state index in [1.54, 1.807) is 24.5 Å². The predicted octanol–water partition coefficient (Wildman–Crippen LogP) is 3.30. The van der Waals surface area contributed by atoms with Gasteiger partial charge in [0, 0.05) is 25.8 Å². The second-order valence-corrected chi connectivity index (χ2v) is 6.01. The number of rotatable bonds is 7. The van der Waals surface area contributed by atoms with E-state index in [9.17, 15) is 4.79 Å². The first-order chi connectivity index (χ1) is 12.3. The molecule has 0 bridgehead atoms. The molecule has 1 amide bonds. The number of hydrogen-bond donors (Lipinski definition) is 1. The van der Waals surface area contributed by atoms with E-state index in [1.165, 1.54) is 6.08 Å². The van der Waals surface area contributed by atoms with Crippen molar-refractivity contribution < 1.29 is 18.7 Å². The first-order valence-electron chi connectivity index (χ1n) is 8.56. The van der Waals surface area contributed by atoms with E-state index in [4.69, 9.17) is 13.9 Å². The molecular formula is C20H23NO4. The Hall–Kier alpha value is -2.37. The molecule has 1 aliphatic heterocycles. The average molecular weight is 341 g/mol. The maximum absolute atomic E-state index is 11.9. The van der Waals surface area contributed by atoms with Crippen molar-refractivity contribution in [2.75, 3.05) is 13.2 Å². The molecule has 25 heavy (non-hydrogen) atoms. The summed E-state index contributed by atoms with van der Waals surface area (Å²) in [5.41, 5.74) is 2.16. The zero-order valence-electron chi connectivity index (χ0n) is 14.1. The topological polar surface area (TPSA) is 60.7 Å². The minimum Gasteiger partial charge on any atom is -0.465 e. The summed E-state index contributed by atoms with van der Waals surface area (Å²) >= 11 is 0. The summed E-state index contributed by atoms with van der Waals surface area (Å²) in [5.74, 6) is 0.502. The van der Waals surface area contributed by atoms with Crippen LogP contribution in [0.15, 0.2) is 53.2 Å². The molecule has 0 atom stereocenters. The van der Waals surface area contributed by atoms with Crippen LogP contribution in [0.4, 0.5) is 0 Å². The van der Waals surface area contributed by atoms with Gasteiger partial charge in [-0.15, -0.1) is 0 Å². The molecule has 2 heterocycles. The molecule has 1 aliphatic rings. The lowest BCUT2D eigenvalue weighted by Gasteiger charge is -2.22. The van der Waals surface area contributed by atoms with Gasteiger partial charge in [0.1, 0.15) is 5.76 Å². The molecule has 0 unspecified atom stereocenters. The van der Waals surface area contributed by atoms with Crippen LogP contribution in [0.5, 0.6) is 0 Å². The Morgan fingerprint density at radius 1 is 1.20 bits per heavy atom. The minimum absolute atomic E-state index is 0.153. The standard InChI is InChI=1S/C20H23NO4/c22-20(7-6-18-5-2-10-24-18)21-14-16-3-1-4-17(13-16)15-25-19-8-11-23-12-9-19/h1-7,10,13,19H,8-9,11-12,14-15H2,(H,21,22). The molecule has 0 radical (unpaired) electrons. The average Bonchev–Trinajstić information content (AvgIpc) is 3.18. The van der Waals surface area contributed by atoms with Gasteiger partial charge < -0.3 is 19.2 Å². The molecular weight excluding hydrogens is 318 g/mol. The number of amides is 1. The fourth-order valence-electron chi connectivity index (χ4n) is 2.68. The van der Waals surface area contributed by atoms with Crippen LogP contribution in [-0.4, -0.2) is 25.2 Å². The van der Waals surface area contributed by atoms with Crippen molar-refractivity contribution in [1.29, 1.82) is 0 Å². The molecule has 3 rings (SSSR count). The summed E-state index contributed by atoms with van der Waals surface area (Å²) in [6.07, 6.45) is 6.88. The second kappa shape index (κ2) is 9.20. The van der Waals surface area contributed by atoms with Crippen LogP contribution in [-0.2, 0) is 27.4 Å². The van der Waals surface area contributed by atoms with Crippen LogP contribution in [0.1, 0.15) is 29.7 Å². The smallest absolute Gasteiger partial charge is 0.244 e. The van der Waals surface area contributed by atoms with Gasteiger partial charge in [-0.1, -0.05) is 24.3 Å². The molecule has 1 aromatic carbocycles. The third-order valence-electron chi connectivity index (χ3n) is 4.05. The number of hydrogen-bond acceptors (Lipinski definition) is 4. The summed E-state index contributed by atoms with van der Waals surface area (Å²) in [4.78, 5) is 11.9. The second-order valence-electron chi connectivity index (χ2n) is 6.01. The van der Waals surface area contributed by atoms with E-state index < -0.39 is 0 Å². The fraction of sp³-hybridized carbons (Fsp3) is 0.350. The van der Waals surface area contributed by atoms with Crippen molar-refractivity contribution in [3.05, 3.63) is 65.6 Å². The Morgan fingerprint density at radius 2 is 2.04 bits per heavy atom. The molecule has 0 aliphatic carbocycles. The lowest BCUT2D eigenvalue weighted by atomic mass is 10.1. The third kappa shape index (κ3) is 5.89. The van der Waals surface area contributed by atoms with E-state index in [-0.39, 0.29) is 12.0 Å². The largest absolute Gasteiger partial charge is 0.465 e. The predicted molar refractivity (Wildman–Crippen MR) is 94.7 cm³/mol. The van der Waals surface area contributed by atoms with Gasteiger partial charge in [-0.3, -0.25) is 4.79 Å². The molecule has 1 aromatic heterocycles. The number of carbonyl (C=O) groups is 1. The number of carbonyl (C=O) groups excluding carboxylic acids is 1. The van der Waals surface area contributed by atoms with Crippen molar-refractivity contribution in [3.63, 3.8) is 0 Å². The summed E-state index contributed by atoms with van der Waals surface area (Å²) in [6, 6.07) is 11.7. The lowest BCUT2D eigenvalue weighted by Crippen LogP contribution is -2.23. The minimum atomic E-state index is -0.153. The van der Waals surface area contributed by atoms with Crippen LogP contribution in [0.25, 0.3) is 6.08 Å². The SMILES string of the molecule is O=C(C=Cc1ccco1)NCc1cccc(COC2CCOCC2)c1. The van der Waals surface area contributed by atoms with Crippen molar-refractivity contribution in [2.45, 2.75) is 32.1 Å². The van der Waals surface area contributed by atoms with E-state index in [0.29, 0.717) is 18.9 Å². The Morgan fingerprint density at radius 3 is 2.84 bits per heavy atom. The van der Waals surface area contributed by atoms with E-state index in [2.05, 4.69) is 11.4 Å². The highest BCUT2D eigenvalue weighted by Gasteiger charge is 2.14. The summed E-state index contributed by atoms with van der Waals surface area (Å²) in [7, 11) is 0. The van der Waals surface area contributed by atoms with Gasteiger partial charge in [-0.2, -0.15) is 0 Å². The van der Waals surface area contributed by atoms with Gasteiger partial charge in [-0.25, -0.2) is 0 Å². The van der Waals surface area contributed by atoms with E-state index in [1.807, 2.05) is 18.2 Å². The van der Waals surface area contributed by atoms with E-state index in [0.717, 1.165) is 37.2 Å². The van der Waals surface area contributed by atoms with Crippen LogP contribution in [0.3, 0.4) is 0 Å². The first-order valence-corrected chi connectivity index (χ1v) is 8.56. The summed E-state index contributed by atoms with van der Waals surface area (Å²) < 4.78 is 16.4. The molecule has 0 saturated carbocycles. The van der Waals surface area contributed by atoms with Gasteiger partial charge in [0.15, 0.2) is 0 Å². The maximum Gasteiger partial charge on any atom is 0.244 e. The van der Waals surface area contributed by atoms with Crippen molar-refractivity contribution in [1.82, 2.24) is 5.32 Å². The normalized spacial score (nSPS) is 15.5. The quantitative estimate of drug-likeness (QED) is 0.785. The third-order valence-corrected chi connectivity index (χ3v) is 4.05. The summed E-state index contributed by atoms with van der Waals surface area (Å²) in [5, 5.41) is 2.87. The maximum atomic E-state index is 11.9. The van der Waals surface area contributed by atoms with Crippen LogP contribution in [0.2, 0.25) is 0 Å². The van der Waals surface area contributed by atoms with Gasteiger partial charge in [-0.05, 0) is 42.2 Å². The Balaban J connectivity index is 1.45. The van der Waals surface area contributed by atoms with Gasteiger partial charge in [0.2, 0.25) is 5.91 Å².